The minimum absolute atomic E-state index is 0.512. The van der Waals surface area contributed by atoms with E-state index >= 15 is 0 Å². The van der Waals surface area contributed by atoms with E-state index in [-0.39, 0.29) is 0 Å². The molecule has 0 unspecified atom stereocenters. The molecule has 0 atom stereocenters. The van der Waals surface area contributed by atoms with Gasteiger partial charge in [-0.25, -0.2) is 0 Å². The van der Waals surface area contributed by atoms with E-state index in [0.29, 0.717) is 0 Å². The molecule has 0 heterocycles. The van der Waals surface area contributed by atoms with Crippen LogP contribution in [0.25, 0.3) is 0 Å². The van der Waals surface area contributed by atoms with Crippen LogP contribution in [0.15, 0.2) is 25.3 Å². The van der Waals surface area contributed by atoms with E-state index in [4.69, 9.17) is 8.85 Å². The molecule has 0 saturated carbocycles. The van der Waals surface area contributed by atoms with E-state index in [9.17, 15) is 9.59 Å². The van der Waals surface area contributed by atoms with Gasteiger partial charge in [0.1, 0.15) is 0 Å². The number of rotatable bonds is 6. The SMILES string of the molecule is C=CC(=O)[Si](OC)(OC)C(=O)C=C. The summed E-state index contributed by atoms with van der Waals surface area (Å²) < 4.78 is 9.74. The summed E-state index contributed by atoms with van der Waals surface area (Å²) in [4.78, 5) is 22.6. The van der Waals surface area contributed by atoms with E-state index in [1.165, 1.54) is 14.2 Å². The molecule has 72 valence electrons. The number of allylic oxidation sites excluding steroid dienone is 2. The molecule has 5 heteroatoms. The number of hydrogen-bond donors (Lipinski definition) is 0. The Balaban J connectivity index is 5.12. The summed E-state index contributed by atoms with van der Waals surface area (Å²) >= 11 is 0. The van der Waals surface area contributed by atoms with Crippen LogP contribution >= 0.6 is 0 Å². The highest BCUT2D eigenvalue weighted by molar-refractivity contribution is 7.19. The van der Waals surface area contributed by atoms with Crippen molar-refractivity contribution >= 4 is 19.4 Å². The lowest BCUT2D eigenvalue weighted by Gasteiger charge is -2.20. The Morgan fingerprint density at radius 1 is 1.08 bits per heavy atom. The summed E-state index contributed by atoms with van der Waals surface area (Å²) in [6.07, 6.45) is 2.06. The summed E-state index contributed by atoms with van der Waals surface area (Å²) in [6, 6.07) is 0. The van der Waals surface area contributed by atoms with Gasteiger partial charge in [0, 0.05) is 14.2 Å². The summed E-state index contributed by atoms with van der Waals surface area (Å²) in [6.45, 7) is 6.56. The summed E-state index contributed by atoms with van der Waals surface area (Å²) in [5.74, 6) is 0. The van der Waals surface area contributed by atoms with Crippen LogP contribution in [0.5, 0.6) is 0 Å². The second-order valence-corrected chi connectivity index (χ2v) is 5.20. The average Bonchev–Trinajstić information content (AvgIpc) is 2.19. The molecule has 0 aromatic heterocycles. The minimum Gasteiger partial charge on any atom is -0.387 e. The van der Waals surface area contributed by atoms with E-state index < -0.39 is 19.4 Å². The van der Waals surface area contributed by atoms with Crippen LogP contribution in [-0.4, -0.2) is 33.6 Å². The highest BCUT2D eigenvalue weighted by atomic mass is 28.4. The van der Waals surface area contributed by atoms with Crippen molar-refractivity contribution in [1.29, 1.82) is 0 Å². The first-order valence-corrected chi connectivity index (χ1v) is 5.34. The highest BCUT2D eigenvalue weighted by Gasteiger charge is 2.50. The number of carbonyl (C=O) groups excluding carboxylic acids is 2. The lowest BCUT2D eigenvalue weighted by Crippen LogP contribution is -2.55. The van der Waals surface area contributed by atoms with Gasteiger partial charge in [0.2, 0.25) is 10.8 Å². The van der Waals surface area contributed by atoms with Gasteiger partial charge in [-0.1, -0.05) is 13.2 Å². The van der Waals surface area contributed by atoms with Crippen LogP contribution in [-0.2, 0) is 18.4 Å². The maximum absolute atomic E-state index is 11.3. The minimum atomic E-state index is -3.46. The Morgan fingerprint density at radius 3 is 1.54 bits per heavy atom. The van der Waals surface area contributed by atoms with Crippen molar-refractivity contribution in [1.82, 2.24) is 0 Å². The molecule has 0 N–H and O–H groups in total. The number of carbonyl (C=O) groups is 2. The standard InChI is InChI=1S/C8H12O4Si/c1-5-7(9)13(11-3,12-4)8(10)6-2/h5-6H,1-2H2,3-4H3. The zero-order chi connectivity index (χ0) is 10.5. The van der Waals surface area contributed by atoms with Crippen LogP contribution < -0.4 is 0 Å². The molecular weight excluding hydrogens is 188 g/mol. The molecule has 0 amide bonds. The first-order chi connectivity index (χ1) is 6.08. The van der Waals surface area contributed by atoms with Crippen LogP contribution in [0, 0.1) is 0 Å². The second-order valence-electron chi connectivity index (χ2n) is 2.16. The van der Waals surface area contributed by atoms with E-state index in [1.54, 1.807) is 0 Å². The Hall–Kier alpha value is -1.04. The zero-order valence-corrected chi connectivity index (χ0v) is 8.70. The van der Waals surface area contributed by atoms with Gasteiger partial charge >= 0.3 is 8.56 Å². The van der Waals surface area contributed by atoms with Gasteiger partial charge in [-0.15, -0.1) is 0 Å². The smallest absolute Gasteiger partial charge is 0.387 e. The van der Waals surface area contributed by atoms with Gasteiger partial charge in [-0.2, -0.15) is 0 Å². The molecular formula is C8H12O4Si. The molecule has 0 fully saturated rings. The van der Waals surface area contributed by atoms with Crippen LogP contribution in [0.3, 0.4) is 0 Å². The molecule has 0 radical (unpaired) electrons. The fourth-order valence-electron chi connectivity index (χ4n) is 0.876. The highest BCUT2D eigenvalue weighted by Crippen LogP contribution is 2.09. The molecule has 13 heavy (non-hydrogen) atoms. The average molecular weight is 200 g/mol. The predicted molar refractivity (Wildman–Crippen MR) is 50.2 cm³/mol. The van der Waals surface area contributed by atoms with Gasteiger partial charge in [0.05, 0.1) is 0 Å². The van der Waals surface area contributed by atoms with Gasteiger partial charge in [0.25, 0.3) is 0 Å². The molecule has 4 nitrogen and oxygen atoms in total. The maximum atomic E-state index is 11.3. The topological polar surface area (TPSA) is 52.6 Å². The van der Waals surface area contributed by atoms with Crippen molar-refractivity contribution in [2.24, 2.45) is 0 Å². The normalized spacial score (nSPS) is 10.6. The van der Waals surface area contributed by atoms with Crippen LogP contribution in [0.4, 0.5) is 0 Å². The van der Waals surface area contributed by atoms with E-state index in [1.807, 2.05) is 0 Å². The predicted octanol–water partition coefficient (Wildman–Crippen LogP) is 0.310. The fourth-order valence-corrected chi connectivity index (χ4v) is 2.63. The molecule has 0 aliphatic rings. The first-order valence-electron chi connectivity index (χ1n) is 3.53. The molecule has 0 aromatic rings. The third kappa shape index (κ3) is 2.00. The third-order valence-electron chi connectivity index (χ3n) is 1.59. The lowest BCUT2D eigenvalue weighted by molar-refractivity contribution is -0.116. The van der Waals surface area contributed by atoms with Gasteiger partial charge in [0.15, 0.2) is 0 Å². The van der Waals surface area contributed by atoms with Crippen molar-refractivity contribution in [3.8, 4) is 0 Å². The molecule has 0 aliphatic carbocycles. The van der Waals surface area contributed by atoms with Gasteiger partial charge < -0.3 is 8.85 Å². The van der Waals surface area contributed by atoms with Gasteiger partial charge in [-0.3, -0.25) is 9.59 Å². The molecule has 0 aromatic carbocycles. The summed E-state index contributed by atoms with van der Waals surface area (Å²) in [5, 5.41) is -1.02. The Bertz CT molecular complexity index is 221. The van der Waals surface area contributed by atoms with Crippen molar-refractivity contribution in [2.45, 2.75) is 0 Å². The largest absolute Gasteiger partial charge is 0.489 e. The van der Waals surface area contributed by atoms with E-state index in [2.05, 4.69) is 13.2 Å². The maximum Gasteiger partial charge on any atom is 0.489 e. The molecule has 0 saturated heterocycles. The van der Waals surface area contributed by atoms with Crippen molar-refractivity contribution in [2.75, 3.05) is 14.2 Å². The molecule has 0 rings (SSSR count). The van der Waals surface area contributed by atoms with Crippen molar-refractivity contribution < 1.29 is 18.4 Å². The monoisotopic (exact) mass is 200 g/mol. The first kappa shape index (κ1) is 12.0. The Labute approximate surface area is 78.1 Å². The Morgan fingerprint density at radius 2 is 1.38 bits per heavy atom. The molecule has 0 aliphatic heterocycles. The zero-order valence-electron chi connectivity index (χ0n) is 7.70. The quantitative estimate of drug-likeness (QED) is 0.457. The summed E-state index contributed by atoms with van der Waals surface area (Å²) in [7, 11) is -0.939. The number of hydrogen-bond acceptors (Lipinski definition) is 4. The fraction of sp³-hybridized carbons (Fsp3) is 0.250. The van der Waals surface area contributed by atoms with Crippen LogP contribution in [0.2, 0.25) is 0 Å². The third-order valence-corrected chi connectivity index (χ3v) is 4.45. The van der Waals surface area contributed by atoms with Crippen molar-refractivity contribution in [3.63, 3.8) is 0 Å². The van der Waals surface area contributed by atoms with Crippen molar-refractivity contribution in [3.05, 3.63) is 25.3 Å². The summed E-state index contributed by atoms with van der Waals surface area (Å²) in [5.41, 5.74) is 0. The van der Waals surface area contributed by atoms with E-state index in [0.717, 1.165) is 12.2 Å². The molecule has 0 bridgehead atoms. The molecule has 0 spiro atoms. The lowest BCUT2D eigenvalue weighted by atomic mass is 10.7. The van der Waals surface area contributed by atoms with Crippen LogP contribution in [0.1, 0.15) is 0 Å². The second kappa shape index (κ2) is 4.86. The Kier molecular flexibility index (Phi) is 4.47. The van der Waals surface area contributed by atoms with Gasteiger partial charge in [-0.05, 0) is 12.2 Å².